The second-order valence-corrected chi connectivity index (χ2v) is 5.10. The van der Waals surface area contributed by atoms with Crippen molar-refractivity contribution in [3.63, 3.8) is 0 Å². The van der Waals surface area contributed by atoms with Gasteiger partial charge in [-0.25, -0.2) is 0 Å². The molecule has 0 aromatic carbocycles. The fourth-order valence-electron chi connectivity index (χ4n) is 1.72. The molecule has 0 spiro atoms. The molecule has 0 aromatic rings. The molecule has 0 atom stereocenters. The normalized spacial score (nSPS) is 11.2. The van der Waals surface area contributed by atoms with Crippen LogP contribution in [0.15, 0.2) is 0 Å². The van der Waals surface area contributed by atoms with Crippen LogP contribution in [0, 0.1) is 0 Å². The van der Waals surface area contributed by atoms with Gasteiger partial charge in [0.2, 0.25) is 0 Å². The average molecular weight is 392 g/mol. The van der Waals surface area contributed by atoms with Crippen LogP contribution < -0.4 is 24.0 Å². The molecule has 0 saturated heterocycles. The fourth-order valence-corrected chi connectivity index (χ4v) is 2.22. The van der Waals surface area contributed by atoms with E-state index in [4.69, 9.17) is 0 Å². The van der Waals surface area contributed by atoms with Gasteiger partial charge in [0, 0.05) is 0 Å². The van der Waals surface area contributed by atoms with E-state index < -0.39 is 0 Å². The first kappa shape index (κ1) is 18.5. The number of hydrogen-bond acceptors (Lipinski definition) is 0. The Kier molecular flexibility index (Phi) is 14.4. The lowest BCUT2D eigenvalue weighted by molar-refractivity contribution is -0.896. The molecule has 0 unspecified atom stereocenters. The van der Waals surface area contributed by atoms with Gasteiger partial charge in [0.05, 0.1) is 20.1 Å². The number of unbranched alkanes of at least 4 members (excludes halogenated alkanes) is 4. The zero-order valence-electron chi connectivity index (χ0n) is 10.6. The Morgan fingerprint density at radius 2 is 1.27 bits per heavy atom. The number of halogens is 2. The molecule has 0 amide bonds. The van der Waals surface area contributed by atoms with Crippen LogP contribution in [0.25, 0.3) is 0 Å². The van der Waals surface area contributed by atoms with Crippen LogP contribution >= 0.6 is 15.9 Å². The predicted octanol–water partition coefficient (Wildman–Crippen LogP) is 1.17. The molecule has 0 rings (SSSR count). The van der Waals surface area contributed by atoms with Crippen LogP contribution in [-0.4, -0.2) is 30.1 Å². The van der Waals surface area contributed by atoms with Crippen molar-refractivity contribution in [2.45, 2.75) is 52.4 Å². The van der Waals surface area contributed by atoms with Gasteiger partial charge in [-0.2, -0.15) is 0 Å². The highest BCUT2D eigenvalue weighted by atomic mass is 127. The molecule has 3 heteroatoms. The highest BCUT2D eigenvalue weighted by Crippen LogP contribution is 2.12. The standard InChI is InChI=1S/C12H27BrN.HI/c1-4-6-8-10-14(3,12-13)11-9-7-5-2;/h4-12H2,1-3H3;1H/q+1;/p-1. The van der Waals surface area contributed by atoms with Gasteiger partial charge in [-0.05, 0) is 41.6 Å². The topological polar surface area (TPSA) is 0 Å². The molecular formula is C12H27BrIN. The second kappa shape index (κ2) is 11.6. The first-order valence-corrected chi connectivity index (χ1v) is 7.20. The molecular weight excluding hydrogens is 365 g/mol. The maximum Gasteiger partial charge on any atom is 0.134 e. The molecule has 0 saturated carbocycles. The van der Waals surface area contributed by atoms with Gasteiger partial charge in [0.1, 0.15) is 5.45 Å². The van der Waals surface area contributed by atoms with E-state index >= 15 is 0 Å². The summed E-state index contributed by atoms with van der Waals surface area (Å²) in [6, 6.07) is 0. The highest BCUT2D eigenvalue weighted by Gasteiger charge is 2.18. The summed E-state index contributed by atoms with van der Waals surface area (Å²) in [5.74, 6) is 0. The average Bonchev–Trinajstić information content (AvgIpc) is 2.19. The molecule has 1 nitrogen and oxygen atoms in total. The summed E-state index contributed by atoms with van der Waals surface area (Å²) in [6.45, 7) is 7.22. The van der Waals surface area contributed by atoms with Gasteiger partial charge in [0.15, 0.2) is 0 Å². The van der Waals surface area contributed by atoms with Gasteiger partial charge in [-0.15, -0.1) is 0 Å². The Labute approximate surface area is 122 Å². The Balaban J connectivity index is 0. The summed E-state index contributed by atoms with van der Waals surface area (Å²) >= 11 is 3.65. The second-order valence-electron chi connectivity index (χ2n) is 4.60. The number of quaternary nitrogens is 1. The minimum atomic E-state index is 0. The lowest BCUT2D eigenvalue weighted by Crippen LogP contribution is -3.00. The molecule has 0 radical (unpaired) electrons. The molecule has 0 aliphatic heterocycles. The van der Waals surface area contributed by atoms with Crippen LogP contribution in [0.2, 0.25) is 0 Å². The lowest BCUT2D eigenvalue weighted by Gasteiger charge is -2.32. The highest BCUT2D eigenvalue weighted by molar-refractivity contribution is 9.09. The maximum absolute atomic E-state index is 3.65. The number of alkyl halides is 1. The van der Waals surface area contributed by atoms with Crippen molar-refractivity contribution < 1.29 is 28.5 Å². The van der Waals surface area contributed by atoms with E-state index in [0.717, 1.165) is 5.45 Å². The van der Waals surface area contributed by atoms with E-state index in [9.17, 15) is 0 Å². The van der Waals surface area contributed by atoms with Crippen LogP contribution in [0.5, 0.6) is 0 Å². The molecule has 0 N–H and O–H groups in total. The van der Waals surface area contributed by atoms with E-state index in [0.29, 0.717) is 0 Å². The lowest BCUT2D eigenvalue weighted by atomic mass is 10.2. The van der Waals surface area contributed by atoms with Crippen molar-refractivity contribution in [3.05, 3.63) is 0 Å². The van der Waals surface area contributed by atoms with Crippen molar-refractivity contribution in [3.8, 4) is 0 Å². The van der Waals surface area contributed by atoms with Crippen molar-refractivity contribution in [1.29, 1.82) is 0 Å². The van der Waals surface area contributed by atoms with E-state index in [2.05, 4.69) is 36.8 Å². The molecule has 0 aliphatic carbocycles. The van der Waals surface area contributed by atoms with Crippen molar-refractivity contribution in [2.75, 3.05) is 25.6 Å². The molecule has 15 heavy (non-hydrogen) atoms. The van der Waals surface area contributed by atoms with E-state index in [1.807, 2.05) is 0 Å². The SMILES string of the molecule is CCCCC[N+](C)(CBr)CCCCC.[I-]. The summed E-state index contributed by atoms with van der Waals surface area (Å²) in [5, 5.41) is 0. The molecule has 0 heterocycles. The van der Waals surface area contributed by atoms with Crippen LogP contribution in [0.1, 0.15) is 52.4 Å². The summed E-state index contributed by atoms with van der Waals surface area (Å²) in [7, 11) is 2.38. The molecule has 0 aliphatic rings. The smallest absolute Gasteiger partial charge is 0.134 e. The van der Waals surface area contributed by atoms with Crippen LogP contribution in [-0.2, 0) is 0 Å². The van der Waals surface area contributed by atoms with Crippen molar-refractivity contribution in [2.24, 2.45) is 0 Å². The first-order chi connectivity index (χ1) is 6.68. The summed E-state index contributed by atoms with van der Waals surface area (Å²) in [6.07, 6.45) is 8.19. The summed E-state index contributed by atoms with van der Waals surface area (Å²) < 4.78 is 1.21. The van der Waals surface area contributed by atoms with Crippen molar-refractivity contribution in [1.82, 2.24) is 0 Å². The van der Waals surface area contributed by atoms with Crippen molar-refractivity contribution >= 4 is 15.9 Å². The minimum Gasteiger partial charge on any atom is -1.00 e. The largest absolute Gasteiger partial charge is 1.00 e. The Hall–Kier alpha value is 1.17. The molecule has 94 valence electrons. The van der Waals surface area contributed by atoms with Gasteiger partial charge < -0.3 is 28.5 Å². The van der Waals surface area contributed by atoms with Gasteiger partial charge in [0.25, 0.3) is 0 Å². The fraction of sp³-hybridized carbons (Fsp3) is 1.00. The zero-order chi connectivity index (χ0) is 10.9. The molecule has 0 aromatic heterocycles. The van der Waals surface area contributed by atoms with Gasteiger partial charge >= 0.3 is 0 Å². The number of hydrogen-bond donors (Lipinski definition) is 0. The minimum absolute atomic E-state index is 0. The third-order valence-corrected chi connectivity index (χ3v) is 4.10. The number of rotatable bonds is 9. The molecule has 0 bridgehead atoms. The summed E-state index contributed by atoms with van der Waals surface area (Å²) in [5.41, 5.74) is 1.11. The predicted molar refractivity (Wildman–Crippen MR) is 68.8 cm³/mol. The molecule has 0 fully saturated rings. The van der Waals surface area contributed by atoms with E-state index in [1.54, 1.807) is 0 Å². The third-order valence-electron chi connectivity index (χ3n) is 2.89. The van der Waals surface area contributed by atoms with Crippen LogP contribution in [0.4, 0.5) is 0 Å². The van der Waals surface area contributed by atoms with E-state index in [1.165, 1.54) is 56.1 Å². The van der Waals surface area contributed by atoms with Gasteiger partial charge in [-0.3, -0.25) is 0 Å². The summed E-state index contributed by atoms with van der Waals surface area (Å²) in [4.78, 5) is 0. The Bertz CT molecular complexity index is 121. The maximum atomic E-state index is 3.65. The van der Waals surface area contributed by atoms with Crippen LogP contribution in [0.3, 0.4) is 0 Å². The quantitative estimate of drug-likeness (QED) is 0.182. The monoisotopic (exact) mass is 391 g/mol. The van der Waals surface area contributed by atoms with Gasteiger partial charge in [-0.1, -0.05) is 26.7 Å². The Morgan fingerprint density at radius 3 is 1.53 bits per heavy atom. The third kappa shape index (κ3) is 10.1. The van der Waals surface area contributed by atoms with E-state index in [-0.39, 0.29) is 24.0 Å². The zero-order valence-corrected chi connectivity index (χ0v) is 14.3. The first-order valence-electron chi connectivity index (χ1n) is 6.08. The Morgan fingerprint density at radius 1 is 0.867 bits per heavy atom. The number of nitrogens with zero attached hydrogens (tertiary/aromatic N) is 1.